The van der Waals surface area contributed by atoms with E-state index in [0.29, 0.717) is 28.7 Å². The van der Waals surface area contributed by atoms with Gasteiger partial charge in [-0.15, -0.1) is 0 Å². The molecule has 0 radical (unpaired) electrons. The van der Waals surface area contributed by atoms with Gasteiger partial charge in [0.2, 0.25) is 0 Å². The fraction of sp³-hybridized carbons (Fsp3) is 0.263. The van der Waals surface area contributed by atoms with Crippen LogP contribution in [0.3, 0.4) is 0 Å². The second kappa shape index (κ2) is 9.59. The van der Waals surface area contributed by atoms with Gasteiger partial charge < -0.3 is 14.2 Å². The lowest BCUT2D eigenvalue weighted by Gasteiger charge is -2.09. The normalized spacial score (nSPS) is 10.5. The summed E-state index contributed by atoms with van der Waals surface area (Å²) in [4.78, 5) is 23.7. The highest BCUT2D eigenvalue weighted by molar-refractivity contribution is 9.10. The Hall–Kier alpha value is -2.05. The number of rotatable bonds is 7. The van der Waals surface area contributed by atoms with E-state index in [9.17, 15) is 9.59 Å². The standard InChI is InChI=1S/C19H18BrClO5/c1-12(2)10-25-19(23)13-3-6-15(7-4-13)26-18(22)11-24-17-8-5-14(20)9-16(17)21/h3-9,12H,10-11H2,1-2H3. The molecule has 26 heavy (non-hydrogen) atoms. The predicted molar refractivity (Wildman–Crippen MR) is 102 cm³/mol. The van der Waals surface area contributed by atoms with Crippen LogP contribution in [0.25, 0.3) is 0 Å². The Balaban J connectivity index is 1.86. The van der Waals surface area contributed by atoms with Crippen molar-refractivity contribution in [2.45, 2.75) is 13.8 Å². The van der Waals surface area contributed by atoms with E-state index in [1.54, 1.807) is 18.2 Å². The molecule has 0 aliphatic carbocycles. The van der Waals surface area contributed by atoms with Gasteiger partial charge in [-0.25, -0.2) is 9.59 Å². The summed E-state index contributed by atoms with van der Waals surface area (Å²) < 4.78 is 16.4. The summed E-state index contributed by atoms with van der Waals surface area (Å²) in [5.74, 6) is -0.0432. The minimum atomic E-state index is -0.584. The average Bonchev–Trinajstić information content (AvgIpc) is 2.59. The van der Waals surface area contributed by atoms with Crippen LogP contribution in [-0.4, -0.2) is 25.2 Å². The molecule has 0 aromatic heterocycles. The van der Waals surface area contributed by atoms with Crippen molar-refractivity contribution in [1.29, 1.82) is 0 Å². The number of esters is 2. The van der Waals surface area contributed by atoms with E-state index in [0.717, 1.165) is 4.47 Å². The number of hydrogen-bond donors (Lipinski definition) is 0. The summed E-state index contributed by atoms with van der Waals surface area (Å²) in [6.45, 7) is 3.98. The van der Waals surface area contributed by atoms with Gasteiger partial charge in [-0.05, 0) is 48.4 Å². The predicted octanol–water partition coefficient (Wildman–Crippen LogP) is 4.90. The van der Waals surface area contributed by atoms with Crippen molar-refractivity contribution in [3.05, 3.63) is 57.5 Å². The summed E-state index contributed by atoms with van der Waals surface area (Å²) in [5, 5.41) is 0.386. The van der Waals surface area contributed by atoms with E-state index in [1.165, 1.54) is 24.3 Å². The van der Waals surface area contributed by atoms with Crippen molar-refractivity contribution < 1.29 is 23.8 Å². The van der Waals surface area contributed by atoms with Gasteiger partial charge in [-0.2, -0.15) is 0 Å². The zero-order valence-corrected chi connectivity index (χ0v) is 16.7. The molecule has 0 heterocycles. The molecule has 2 aromatic carbocycles. The van der Waals surface area contributed by atoms with Gasteiger partial charge in [0.1, 0.15) is 11.5 Å². The summed E-state index contributed by atoms with van der Waals surface area (Å²) >= 11 is 9.30. The lowest BCUT2D eigenvalue weighted by atomic mass is 10.2. The summed E-state index contributed by atoms with van der Waals surface area (Å²) in [6.07, 6.45) is 0. The number of hydrogen-bond acceptors (Lipinski definition) is 5. The van der Waals surface area contributed by atoms with E-state index >= 15 is 0 Å². The molecule has 2 aromatic rings. The third-order valence-electron chi connectivity index (χ3n) is 3.11. The molecular formula is C19H18BrClO5. The topological polar surface area (TPSA) is 61.8 Å². The Bertz CT molecular complexity index is 774. The molecule has 0 saturated carbocycles. The number of carbonyl (C=O) groups is 2. The van der Waals surface area contributed by atoms with E-state index in [4.69, 9.17) is 25.8 Å². The molecule has 0 fully saturated rings. The Morgan fingerprint density at radius 3 is 2.42 bits per heavy atom. The van der Waals surface area contributed by atoms with Crippen molar-refractivity contribution in [3.8, 4) is 11.5 Å². The minimum absolute atomic E-state index is 0.262. The fourth-order valence-electron chi connectivity index (χ4n) is 1.87. The molecule has 0 atom stereocenters. The molecule has 0 N–H and O–H groups in total. The maximum absolute atomic E-state index is 11.9. The monoisotopic (exact) mass is 440 g/mol. The summed E-state index contributed by atoms with van der Waals surface area (Å²) in [7, 11) is 0. The highest BCUT2D eigenvalue weighted by atomic mass is 79.9. The van der Waals surface area contributed by atoms with E-state index in [1.807, 2.05) is 13.8 Å². The maximum Gasteiger partial charge on any atom is 0.349 e. The van der Waals surface area contributed by atoms with Crippen molar-refractivity contribution in [2.75, 3.05) is 13.2 Å². The zero-order valence-electron chi connectivity index (χ0n) is 14.3. The minimum Gasteiger partial charge on any atom is -0.480 e. The number of ether oxygens (including phenoxy) is 3. The van der Waals surface area contributed by atoms with Crippen LogP contribution in [0.15, 0.2) is 46.9 Å². The second-order valence-corrected chi connectivity index (χ2v) is 7.18. The van der Waals surface area contributed by atoms with Crippen LogP contribution >= 0.6 is 27.5 Å². The third kappa shape index (κ3) is 6.35. The summed E-state index contributed by atoms with van der Waals surface area (Å²) in [6, 6.07) is 11.2. The maximum atomic E-state index is 11.9. The molecule has 0 unspecified atom stereocenters. The molecule has 0 aliphatic heterocycles. The van der Waals surface area contributed by atoms with Crippen LogP contribution in [-0.2, 0) is 9.53 Å². The molecule has 0 bridgehead atoms. The van der Waals surface area contributed by atoms with Crippen molar-refractivity contribution in [2.24, 2.45) is 5.92 Å². The summed E-state index contributed by atoms with van der Waals surface area (Å²) in [5.41, 5.74) is 0.392. The first-order valence-electron chi connectivity index (χ1n) is 7.91. The van der Waals surface area contributed by atoms with E-state index in [-0.39, 0.29) is 12.5 Å². The van der Waals surface area contributed by atoms with E-state index in [2.05, 4.69) is 15.9 Å². The van der Waals surface area contributed by atoms with Crippen LogP contribution in [0.4, 0.5) is 0 Å². The van der Waals surface area contributed by atoms with Gasteiger partial charge >= 0.3 is 11.9 Å². The van der Waals surface area contributed by atoms with Crippen molar-refractivity contribution in [1.82, 2.24) is 0 Å². The molecule has 5 nitrogen and oxygen atoms in total. The van der Waals surface area contributed by atoms with Crippen molar-refractivity contribution in [3.63, 3.8) is 0 Å². The second-order valence-electron chi connectivity index (χ2n) is 5.85. The smallest absolute Gasteiger partial charge is 0.349 e. The Morgan fingerprint density at radius 2 is 1.81 bits per heavy atom. The third-order valence-corrected chi connectivity index (χ3v) is 3.90. The highest BCUT2D eigenvalue weighted by Gasteiger charge is 2.11. The Kier molecular flexibility index (Phi) is 7.48. The van der Waals surface area contributed by atoms with Crippen molar-refractivity contribution >= 4 is 39.5 Å². The Morgan fingerprint density at radius 1 is 1.12 bits per heavy atom. The molecule has 7 heteroatoms. The lowest BCUT2D eigenvalue weighted by molar-refractivity contribution is -0.136. The van der Waals surface area contributed by atoms with Gasteiger partial charge in [0.25, 0.3) is 0 Å². The zero-order chi connectivity index (χ0) is 19.1. The number of carbonyl (C=O) groups excluding carboxylic acids is 2. The molecule has 2 rings (SSSR count). The van der Waals surface area contributed by atoms with Gasteiger partial charge in [-0.3, -0.25) is 0 Å². The molecule has 0 amide bonds. The molecule has 0 aliphatic rings. The van der Waals surface area contributed by atoms with Crippen LogP contribution < -0.4 is 9.47 Å². The van der Waals surface area contributed by atoms with Gasteiger partial charge in [0.15, 0.2) is 6.61 Å². The van der Waals surface area contributed by atoms with Crippen LogP contribution in [0.1, 0.15) is 24.2 Å². The van der Waals surface area contributed by atoms with Gasteiger partial charge in [0.05, 0.1) is 17.2 Å². The molecule has 0 spiro atoms. The van der Waals surface area contributed by atoms with Crippen LogP contribution in [0.5, 0.6) is 11.5 Å². The Labute approximate surface area is 165 Å². The molecular weight excluding hydrogens is 424 g/mol. The first-order chi connectivity index (χ1) is 12.3. The fourth-order valence-corrected chi connectivity index (χ4v) is 2.60. The largest absolute Gasteiger partial charge is 0.480 e. The van der Waals surface area contributed by atoms with E-state index < -0.39 is 11.9 Å². The highest BCUT2D eigenvalue weighted by Crippen LogP contribution is 2.27. The lowest BCUT2D eigenvalue weighted by Crippen LogP contribution is -2.18. The average molecular weight is 442 g/mol. The quantitative estimate of drug-likeness (QED) is 0.452. The van der Waals surface area contributed by atoms with Crippen LogP contribution in [0.2, 0.25) is 5.02 Å². The van der Waals surface area contributed by atoms with Gasteiger partial charge in [-0.1, -0.05) is 41.4 Å². The van der Waals surface area contributed by atoms with Crippen LogP contribution in [0, 0.1) is 5.92 Å². The first kappa shape index (κ1) is 20.3. The number of benzene rings is 2. The SMILES string of the molecule is CC(C)COC(=O)c1ccc(OC(=O)COc2ccc(Br)cc2Cl)cc1. The molecule has 138 valence electrons. The van der Waals surface area contributed by atoms with Gasteiger partial charge in [0, 0.05) is 4.47 Å². The number of halogens is 2. The first-order valence-corrected chi connectivity index (χ1v) is 9.08. The molecule has 0 saturated heterocycles.